The van der Waals surface area contributed by atoms with Crippen molar-refractivity contribution in [3.63, 3.8) is 0 Å². The van der Waals surface area contributed by atoms with E-state index in [1.54, 1.807) is 24.3 Å². The highest BCUT2D eigenvalue weighted by Crippen LogP contribution is 2.17. The number of nitrogens with one attached hydrogen (secondary N) is 2. The molecular weight excluding hydrogens is 323 g/mol. The Bertz CT molecular complexity index is 756. The quantitative estimate of drug-likeness (QED) is 0.878. The van der Waals surface area contributed by atoms with Crippen molar-refractivity contribution in [3.05, 3.63) is 65.5 Å². The zero-order valence-electron chi connectivity index (χ0n) is 13.6. The van der Waals surface area contributed by atoms with E-state index in [1.807, 2.05) is 0 Å². The third-order valence-electron chi connectivity index (χ3n) is 4.04. The SMILES string of the molecule is O=C(Nc1ccccc1C(=O)NCC1CCCO1)c1ccc(F)cc1. The van der Waals surface area contributed by atoms with Gasteiger partial charge in [-0.2, -0.15) is 0 Å². The van der Waals surface area contributed by atoms with Crippen LogP contribution < -0.4 is 10.6 Å². The van der Waals surface area contributed by atoms with Gasteiger partial charge in [-0.15, -0.1) is 0 Å². The maximum Gasteiger partial charge on any atom is 0.255 e. The molecule has 1 heterocycles. The van der Waals surface area contributed by atoms with Crippen molar-refractivity contribution < 1.29 is 18.7 Å². The molecule has 130 valence electrons. The van der Waals surface area contributed by atoms with Gasteiger partial charge in [0.15, 0.2) is 0 Å². The topological polar surface area (TPSA) is 67.4 Å². The van der Waals surface area contributed by atoms with Gasteiger partial charge >= 0.3 is 0 Å². The van der Waals surface area contributed by atoms with Crippen LogP contribution in [0.15, 0.2) is 48.5 Å². The van der Waals surface area contributed by atoms with Crippen LogP contribution in [0.3, 0.4) is 0 Å². The van der Waals surface area contributed by atoms with Crippen molar-refractivity contribution in [2.75, 3.05) is 18.5 Å². The number of anilines is 1. The molecule has 2 aromatic carbocycles. The number of amides is 2. The molecule has 1 aliphatic rings. The van der Waals surface area contributed by atoms with Crippen molar-refractivity contribution >= 4 is 17.5 Å². The summed E-state index contributed by atoms with van der Waals surface area (Å²) in [7, 11) is 0. The number of carbonyl (C=O) groups is 2. The molecule has 0 aliphatic carbocycles. The molecule has 2 N–H and O–H groups in total. The lowest BCUT2D eigenvalue weighted by Gasteiger charge is -2.13. The van der Waals surface area contributed by atoms with Crippen molar-refractivity contribution in [2.24, 2.45) is 0 Å². The van der Waals surface area contributed by atoms with Gasteiger partial charge in [-0.05, 0) is 49.2 Å². The van der Waals surface area contributed by atoms with Gasteiger partial charge < -0.3 is 15.4 Å². The molecule has 5 nitrogen and oxygen atoms in total. The summed E-state index contributed by atoms with van der Waals surface area (Å²) in [5, 5.41) is 5.54. The van der Waals surface area contributed by atoms with Crippen LogP contribution >= 0.6 is 0 Å². The Morgan fingerprint density at radius 3 is 2.56 bits per heavy atom. The van der Waals surface area contributed by atoms with Gasteiger partial charge in [0.05, 0.1) is 17.4 Å². The summed E-state index contributed by atoms with van der Waals surface area (Å²) >= 11 is 0. The average Bonchev–Trinajstić information content (AvgIpc) is 3.14. The Kier molecular flexibility index (Phi) is 5.40. The van der Waals surface area contributed by atoms with Gasteiger partial charge in [0.1, 0.15) is 5.82 Å². The van der Waals surface area contributed by atoms with Gasteiger partial charge in [0.2, 0.25) is 0 Å². The molecule has 1 aliphatic heterocycles. The molecular formula is C19H19FN2O3. The third kappa shape index (κ3) is 4.42. The Morgan fingerprint density at radius 2 is 1.84 bits per heavy atom. The average molecular weight is 342 g/mol. The molecule has 3 rings (SSSR count). The van der Waals surface area contributed by atoms with Gasteiger partial charge in [-0.25, -0.2) is 4.39 Å². The van der Waals surface area contributed by atoms with Crippen LogP contribution in [-0.4, -0.2) is 31.1 Å². The number of para-hydroxylation sites is 1. The van der Waals surface area contributed by atoms with Crippen molar-refractivity contribution in [2.45, 2.75) is 18.9 Å². The van der Waals surface area contributed by atoms with Crippen LogP contribution in [0.2, 0.25) is 0 Å². The highest BCUT2D eigenvalue weighted by Gasteiger charge is 2.18. The fourth-order valence-electron chi connectivity index (χ4n) is 2.69. The monoisotopic (exact) mass is 342 g/mol. The Labute approximate surface area is 145 Å². The maximum atomic E-state index is 13.0. The minimum atomic E-state index is -0.412. The first kappa shape index (κ1) is 17.1. The predicted octanol–water partition coefficient (Wildman–Crippen LogP) is 2.99. The normalized spacial score (nSPS) is 16.4. The van der Waals surface area contributed by atoms with Crippen LogP contribution in [0, 0.1) is 5.82 Å². The summed E-state index contributed by atoms with van der Waals surface area (Å²) in [6.07, 6.45) is 1.98. The molecule has 2 amide bonds. The van der Waals surface area contributed by atoms with Gasteiger partial charge in [-0.1, -0.05) is 12.1 Å². The van der Waals surface area contributed by atoms with E-state index in [-0.39, 0.29) is 12.0 Å². The second-order valence-corrected chi connectivity index (χ2v) is 5.85. The molecule has 1 unspecified atom stereocenters. The molecule has 0 saturated carbocycles. The van der Waals surface area contributed by atoms with E-state index in [4.69, 9.17) is 4.74 Å². The lowest BCUT2D eigenvalue weighted by Crippen LogP contribution is -2.32. The number of halogens is 1. The van der Waals surface area contributed by atoms with Crippen LogP contribution in [0.5, 0.6) is 0 Å². The lowest BCUT2D eigenvalue weighted by molar-refractivity contribution is 0.0858. The third-order valence-corrected chi connectivity index (χ3v) is 4.04. The van der Waals surface area contributed by atoms with Crippen LogP contribution in [0.25, 0.3) is 0 Å². The minimum Gasteiger partial charge on any atom is -0.376 e. The van der Waals surface area contributed by atoms with Gasteiger partial charge in [0.25, 0.3) is 11.8 Å². The van der Waals surface area contributed by atoms with Crippen LogP contribution in [0.1, 0.15) is 33.6 Å². The lowest BCUT2D eigenvalue weighted by atomic mass is 10.1. The second kappa shape index (κ2) is 7.90. The fourth-order valence-corrected chi connectivity index (χ4v) is 2.69. The van der Waals surface area contributed by atoms with E-state index in [1.165, 1.54) is 24.3 Å². The molecule has 0 radical (unpaired) electrons. The van der Waals surface area contributed by atoms with E-state index in [0.29, 0.717) is 23.4 Å². The maximum absolute atomic E-state index is 13.0. The Morgan fingerprint density at radius 1 is 1.08 bits per heavy atom. The highest BCUT2D eigenvalue weighted by molar-refractivity contribution is 6.08. The summed E-state index contributed by atoms with van der Waals surface area (Å²) in [6.45, 7) is 1.17. The molecule has 25 heavy (non-hydrogen) atoms. The molecule has 1 saturated heterocycles. The number of hydrogen-bond donors (Lipinski definition) is 2. The zero-order chi connectivity index (χ0) is 17.6. The molecule has 0 bridgehead atoms. The summed E-state index contributed by atoms with van der Waals surface area (Å²) in [5.74, 6) is -1.09. The molecule has 1 atom stereocenters. The highest BCUT2D eigenvalue weighted by atomic mass is 19.1. The second-order valence-electron chi connectivity index (χ2n) is 5.85. The zero-order valence-corrected chi connectivity index (χ0v) is 13.6. The standard InChI is InChI=1S/C19H19FN2O3/c20-14-9-7-13(8-10-14)18(23)22-17-6-2-1-5-16(17)19(24)21-12-15-4-3-11-25-15/h1-2,5-10,15H,3-4,11-12H2,(H,21,24)(H,22,23). The van der Waals surface area contributed by atoms with E-state index < -0.39 is 11.7 Å². The minimum absolute atomic E-state index is 0.0462. The number of benzene rings is 2. The summed E-state index contributed by atoms with van der Waals surface area (Å²) in [6, 6.07) is 12.0. The van der Waals surface area contributed by atoms with Crippen molar-refractivity contribution in [3.8, 4) is 0 Å². The Balaban J connectivity index is 1.68. The first-order valence-corrected chi connectivity index (χ1v) is 8.19. The smallest absolute Gasteiger partial charge is 0.255 e. The fraction of sp³-hybridized carbons (Fsp3) is 0.263. The van der Waals surface area contributed by atoms with Crippen molar-refractivity contribution in [1.29, 1.82) is 0 Å². The number of rotatable bonds is 5. The molecule has 1 fully saturated rings. The van der Waals surface area contributed by atoms with E-state index in [2.05, 4.69) is 10.6 Å². The first-order chi connectivity index (χ1) is 12.1. The predicted molar refractivity (Wildman–Crippen MR) is 92.1 cm³/mol. The van der Waals surface area contributed by atoms with E-state index >= 15 is 0 Å². The number of hydrogen-bond acceptors (Lipinski definition) is 3. The summed E-state index contributed by atoms with van der Waals surface area (Å²) in [5.41, 5.74) is 1.09. The molecule has 0 aromatic heterocycles. The van der Waals surface area contributed by atoms with Crippen LogP contribution in [0.4, 0.5) is 10.1 Å². The van der Waals surface area contributed by atoms with Crippen molar-refractivity contribution in [1.82, 2.24) is 5.32 Å². The summed E-state index contributed by atoms with van der Waals surface area (Å²) < 4.78 is 18.5. The molecule has 6 heteroatoms. The summed E-state index contributed by atoms with van der Waals surface area (Å²) in [4.78, 5) is 24.7. The van der Waals surface area contributed by atoms with Gasteiger partial charge in [-0.3, -0.25) is 9.59 Å². The number of carbonyl (C=O) groups excluding carboxylic acids is 2. The van der Waals surface area contributed by atoms with E-state index in [0.717, 1.165) is 19.4 Å². The largest absolute Gasteiger partial charge is 0.376 e. The molecule has 0 spiro atoms. The van der Waals surface area contributed by atoms with Crippen LogP contribution in [-0.2, 0) is 4.74 Å². The van der Waals surface area contributed by atoms with E-state index in [9.17, 15) is 14.0 Å². The van der Waals surface area contributed by atoms with Gasteiger partial charge in [0, 0.05) is 18.7 Å². The Hall–Kier alpha value is -2.73. The molecule has 2 aromatic rings. The first-order valence-electron chi connectivity index (χ1n) is 8.19. The number of ether oxygens (including phenoxy) is 1.